The third kappa shape index (κ3) is 1.34. The van der Waals surface area contributed by atoms with Crippen molar-refractivity contribution in [3.63, 3.8) is 0 Å². The van der Waals surface area contributed by atoms with E-state index in [0.29, 0.717) is 0 Å². The van der Waals surface area contributed by atoms with Gasteiger partial charge in [0.05, 0.1) is 26.1 Å². The number of likely N-dealkylation sites (N-methyl/N-ethyl adjacent to an activating group) is 1. The van der Waals surface area contributed by atoms with Gasteiger partial charge in [0.1, 0.15) is 17.4 Å². The van der Waals surface area contributed by atoms with Gasteiger partial charge in [-0.1, -0.05) is 19.1 Å². The summed E-state index contributed by atoms with van der Waals surface area (Å²) < 4.78 is 7.05. The van der Waals surface area contributed by atoms with Gasteiger partial charge in [-0.3, -0.25) is 4.79 Å². The predicted molar refractivity (Wildman–Crippen MR) is 90.1 cm³/mol. The van der Waals surface area contributed by atoms with Crippen molar-refractivity contribution < 1.29 is 19.1 Å². The number of piperidine rings is 1. The fourth-order valence-electron chi connectivity index (χ4n) is 5.87. The van der Waals surface area contributed by atoms with E-state index in [9.17, 15) is 9.90 Å². The van der Waals surface area contributed by atoms with E-state index in [1.807, 2.05) is 0 Å². The summed E-state index contributed by atoms with van der Waals surface area (Å²) in [5, 5.41) is 11.9. The number of carbonyl (C=O) groups is 1. The molecule has 24 heavy (non-hydrogen) atoms. The summed E-state index contributed by atoms with van der Waals surface area (Å²) in [6.07, 6.45) is 5.25. The summed E-state index contributed by atoms with van der Waals surface area (Å²) in [4.78, 5) is 12.7. The van der Waals surface area contributed by atoms with E-state index in [0.717, 1.165) is 47.2 Å². The van der Waals surface area contributed by atoms with Crippen molar-refractivity contribution in [2.45, 2.75) is 49.3 Å². The summed E-state index contributed by atoms with van der Waals surface area (Å²) >= 11 is 0. The molecule has 0 radical (unpaired) electrons. The van der Waals surface area contributed by atoms with Gasteiger partial charge in [-0.05, 0) is 29.7 Å². The minimum Gasteiger partial charge on any atom is -0.481 e. The zero-order valence-corrected chi connectivity index (χ0v) is 14.5. The van der Waals surface area contributed by atoms with Gasteiger partial charge in [-0.2, -0.15) is 0 Å². The van der Waals surface area contributed by atoms with Gasteiger partial charge >= 0.3 is 0 Å². The highest BCUT2D eigenvalue weighted by Crippen LogP contribution is 2.63. The SMILES string of the molecule is CCc1ccc2c3c1OC1C(=O)C=CC4(O)C(C2)[N+](C)(C)CCC314. The second kappa shape index (κ2) is 4.12. The summed E-state index contributed by atoms with van der Waals surface area (Å²) in [5.41, 5.74) is 1.91. The molecule has 4 nitrogen and oxygen atoms in total. The lowest BCUT2D eigenvalue weighted by Crippen LogP contribution is -2.78. The van der Waals surface area contributed by atoms with Gasteiger partial charge in [0.15, 0.2) is 11.9 Å². The Balaban J connectivity index is 1.89. The van der Waals surface area contributed by atoms with E-state index in [4.69, 9.17) is 4.74 Å². The summed E-state index contributed by atoms with van der Waals surface area (Å²) in [6, 6.07) is 4.39. The Bertz CT molecular complexity index is 811. The molecule has 1 spiro atoms. The number of aliphatic hydroxyl groups is 1. The summed E-state index contributed by atoms with van der Waals surface area (Å²) in [6.45, 7) is 3.06. The van der Waals surface area contributed by atoms with Crippen LogP contribution in [0, 0.1) is 0 Å². The van der Waals surface area contributed by atoms with Gasteiger partial charge in [0.25, 0.3) is 0 Å². The second-order valence-corrected chi connectivity index (χ2v) is 8.44. The number of benzene rings is 1. The van der Waals surface area contributed by atoms with Crippen molar-refractivity contribution in [3.8, 4) is 5.75 Å². The molecule has 1 fully saturated rings. The van der Waals surface area contributed by atoms with E-state index in [1.54, 1.807) is 12.2 Å². The molecule has 1 aromatic carbocycles. The van der Waals surface area contributed by atoms with Crippen LogP contribution in [0.5, 0.6) is 5.75 Å². The van der Waals surface area contributed by atoms with E-state index >= 15 is 0 Å². The number of rotatable bonds is 1. The predicted octanol–water partition coefficient (Wildman–Crippen LogP) is 1.52. The van der Waals surface area contributed by atoms with Crippen molar-refractivity contribution in [2.24, 2.45) is 0 Å². The molecule has 2 aliphatic heterocycles. The molecule has 0 aromatic heterocycles. The van der Waals surface area contributed by atoms with Crippen LogP contribution in [0.25, 0.3) is 0 Å². The number of carbonyl (C=O) groups excluding carboxylic acids is 1. The molecule has 2 aliphatic carbocycles. The number of hydrogen-bond acceptors (Lipinski definition) is 3. The average molecular weight is 326 g/mol. The highest BCUT2D eigenvalue weighted by atomic mass is 16.5. The molecule has 1 N–H and O–H groups in total. The molecule has 4 atom stereocenters. The van der Waals surface area contributed by atoms with Gasteiger partial charge in [-0.25, -0.2) is 0 Å². The maximum Gasteiger partial charge on any atom is 0.196 e. The van der Waals surface area contributed by atoms with Crippen LogP contribution in [-0.2, 0) is 23.1 Å². The molecule has 126 valence electrons. The maximum absolute atomic E-state index is 12.7. The van der Waals surface area contributed by atoms with Crippen molar-refractivity contribution in [2.75, 3.05) is 20.6 Å². The first kappa shape index (κ1) is 14.7. The Morgan fingerprint density at radius 3 is 2.92 bits per heavy atom. The van der Waals surface area contributed by atoms with E-state index < -0.39 is 17.1 Å². The molecule has 2 bridgehead atoms. The quantitative estimate of drug-likeness (QED) is 0.796. The fourth-order valence-corrected chi connectivity index (χ4v) is 5.87. The Hall–Kier alpha value is -1.65. The van der Waals surface area contributed by atoms with E-state index in [2.05, 4.69) is 33.2 Å². The minimum absolute atomic E-state index is 0.00302. The highest BCUT2D eigenvalue weighted by Gasteiger charge is 2.74. The lowest BCUT2D eigenvalue weighted by Gasteiger charge is -2.61. The number of ether oxygens (including phenoxy) is 1. The topological polar surface area (TPSA) is 46.5 Å². The Labute approximate surface area is 142 Å². The van der Waals surface area contributed by atoms with Gasteiger partial charge in [0, 0.05) is 18.4 Å². The van der Waals surface area contributed by atoms with Gasteiger partial charge in [-0.15, -0.1) is 0 Å². The maximum atomic E-state index is 12.7. The summed E-state index contributed by atoms with van der Waals surface area (Å²) in [7, 11) is 4.38. The standard InChI is InChI=1S/C20H24NO3/c1-4-12-5-6-13-11-15-20(23)8-7-14(22)18-19(20,9-10-21(15,2)3)16(13)17(12)24-18/h5-8,15,18,23H,4,9-11H2,1-3H3/q+1. The Morgan fingerprint density at radius 1 is 1.38 bits per heavy atom. The summed E-state index contributed by atoms with van der Waals surface area (Å²) in [5.74, 6) is 0.873. The van der Waals surface area contributed by atoms with Crippen molar-refractivity contribution in [1.29, 1.82) is 0 Å². The van der Waals surface area contributed by atoms with Crippen LogP contribution in [0.4, 0.5) is 0 Å². The molecule has 4 unspecified atom stereocenters. The van der Waals surface area contributed by atoms with Crippen LogP contribution >= 0.6 is 0 Å². The minimum atomic E-state index is -1.02. The van der Waals surface area contributed by atoms with Crippen LogP contribution in [0.2, 0.25) is 0 Å². The van der Waals surface area contributed by atoms with E-state index in [-0.39, 0.29) is 11.8 Å². The fraction of sp³-hybridized carbons (Fsp3) is 0.550. The Kier molecular flexibility index (Phi) is 2.52. The number of hydrogen-bond donors (Lipinski definition) is 1. The molecule has 4 aliphatic rings. The van der Waals surface area contributed by atoms with Crippen LogP contribution in [0.1, 0.15) is 30.0 Å². The highest BCUT2D eigenvalue weighted by molar-refractivity contribution is 5.98. The normalized spacial score (nSPS) is 40.2. The number of nitrogens with zero attached hydrogens (tertiary/aromatic N) is 1. The third-order valence-corrected chi connectivity index (χ3v) is 7.16. The number of aryl methyl sites for hydroxylation is 1. The first-order valence-corrected chi connectivity index (χ1v) is 8.95. The first-order chi connectivity index (χ1) is 11.3. The molecule has 4 heteroatoms. The lowest BCUT2D eigenvalue weighted by atomic mass is 9.50. The monoisotopic (exact) mass is 326 g/mol. The number of quaternary nitrogens is 1. The first-order valence-electron chi connectivity index (χ1n) is 8.95. The molecular weight excluding hydrogens is 302 g/mol. The molecule has 0 amide bonds. The van der Waals surface area contributed by atoms with Crippen molar-refractivity contribution in [1.82, 2.24) is 0 Å². The number of ketones is 1. The molecule has 2 heterocycles. The van der Waals surface area contributed by atoms with Crippen LogP contribution in [-0.4, -0.2) is 53.8 Å². The average Bonchev–Trinajstić information content (AvgIpc) is 2.90. The van der Waals surface area contributed by atoms with Gasteiger partial charge < -0.3 is 14.3 Å². The smallest absolute Gasteiger partial charge is 0.196 e. The zero-order valence-electron chi connectivity index (χ0n) is 14.5. The van der Waals surface area contributed by atoms with Crippen LogP contribution in [0.15, 0.2) is 24.3 Å². The second-order valence-electron chi connectivity index (χ2n) is 8.44. The van der Waals surface area contributed by atoms with E-state index in [1.165, 1.54) is 5.56 Å². The van der Waals surface area contributed by atoms with Crippen LogP contribution < -0.4 is 4.74 Å². The largest absolute Gasteiger partial charge is 0.481 e. The number of likely N-dealkylation sites (tertiary alicyclic amines) is 1. The zero-order chi connectivity index (χ0) is 16.9. The Morgan fingerprint density at radius 2 is 2.17 bits per heavy atom. The van der Waals surface area contributed by atoms with Crippen LogP contribution in [0.3, 0.4) is 0 Å². The molecule has 0 saturated carbocycles. The molecule has 1 aromatic rings. The van der Waals surface area contributed by atoms with Crippen molar-refractivity contribution in [3.05, 3.63) is 41.0 Å². The lowest BCUT2D eigenvalue weighted by molar-refractivity contribution is -0.929. The molecular formula is C20H24NO3+. The third-order valence-electron chi connectivity index (χ3n) is 7.16. The molecule has 5 rings (SSSR count). The van der Waals surface area contributed by atoms with Crippen molar-refractivity contribution >= 4 is 5.78 Å². The van der Waals surface area contributed by atoms with Gasteiger partial charge in [0.2, 0.25) is 0 Å². The molecule has 1 saturated heterocycles.